The molecule has 2 rings (SSSR count). The number of nitrogens with two attached hydrogens (primary N) is 1. The summed E-state index contributed by atoms with van der Waals surface area (Å²) in [6, 6.07) is 0. The van der Waals surface area contributed by atoms with Gasteiger partial charge in [0.25, 0.3) is 5.91 Å². The van der Waals surface area contributed by atoms with Gasteiger partial charge in [-0.25, -0.2) is 9.97 Å². The number of carbonyl (C=O) groups is 1. The summed E-state index contributed by atoms with van der Waals surface area (Å²) in [5, 5.41) is 12.0. The number of aromatic nitrogens is 4. The Hall–Kier alpha value is -2.09. The van der Waals surface area contributed by atoms with E-state index < -0.39 is 5.91 Å². The Morgan fingerprint density at radius 3 is 2.65 bits per heavy atom. The molecule has 2 aromatic rings. The number of nitrogens with one attached hydrogen (secondary N) is 1. The van der Waals surface area contributed by atoms with E-state index >= 15 is 0 Å². The summed E-state index contributed by atoms with van der Waals surface area (Å²) in [7, 11) is 0. The zero-order chi connectivity index (χ0) is 12.4. The molecule has 0 fully saturated rings. The van der Waals surface area contributed by atoms with Crippen LogP contribution in [-0.2, 0) is 0 Å². The van der Waals surface area contributed by atoms with Crippen molar-refractivity contribution in [2.45, 2.75) is 13.8 Å². The van der Waals surface area contributed by atoms with Crippen molar-refractivity contribution in [1.29, 1.82) is 0 Å². The number of aryl methyl sites for hydroxylation is 2. The van der Waals surface area contributed by atoms with Crippen molar-refractivity contribution < 1.29 is 4.79 Å². The molecule has 2 aromatic heterocycles. The monoisotopic (exact) mass is 250 g/mol. The number of anilines is 2. The minimum Gasteiger partial charge on any atom is -0.375 e. The maximum Gasteiger partial charge on any atom is 0.277 e. The van der Waals surface area contributed by atoms with Crippen molar-refractivity contribution >= 4 is 28.3 Å². The number of amides is 1. The highest BCUT2D eigenvalue weighted by Crippen LogP contribution is 2.12. The number of carbonyl (C=O) groups excluding carboxylic acids is 1. The third-order valence-corrected chi connectivity index (χ3v) is 2.75. The molecule has 0 radical (unpaired) electrons. The minimum atomic E-state index is -0.400. The van der Waals surface area contributed by atoms with Gasteiger partial charge in [0.2, 0.25) is 5.95 Å². The van der Waals surface area contributed by atoms with Crippen molar-refractivity contribution in [3.05, 3.63) is 22.5 Å². The second kappa shape index (κ2) is 4.42. The summed E-state index contributed by atoms with van der Waals surface area (Å²) in [4.78, 5) is 19.6. The van der Waals surface area contributed by atoms with Gasteiger partial charge in [-0.3, -0.25) is 10.1 Å². The molecule has 0 aliphatic heterocycles. The van der Waals surface area contributed by atoms with Crippen LogP contribution < -0.4 is 11.1 Å². The molecular weight excluding hydrogens is 240 g/mol. The Morgan fingerprint density at radius 2 is 2.06 bits per heavy atom. The highest BCUT2D eigenvalue weighted by molar-refractivity contribution is 7.13. The van der Waals surface area contributed by atoms with Crippen LogP contribution in [-0.4, -0.2) is 26.1 Å². The molecule has 17 heavy (non-hydrogen) atoms. The van der Waals surface area contributed by atoms with Gasteiger partial charge < -0.3 is 5.73 Å². The van der Waals surface area contributed by atoms with Crippen molar-refractivity contribution in [3.63, 3.8) is 0 Å². The zero-order valence-electron chi connectivity index (χ0n) is 9.26. The Balaban J connectivity index is 2.15. The molecule has 7 nitrogen and oxygen atoms in total. The Bertz CT molecular complexity index is 566. The highest BCUT2D eigenvalue weighted by atomic mass is 32.1. The van der Waals surface area contributed by atoms with Crippen molar-refractivity contribution in [1.82, 2.24) is 20.2 Å². The third kappa shape index (κ3) is 2.53. The fourth-order valence-corrected chi connectivity index (χ4v) is 1.61. The maximum atomic E-state index is 11.7. The Labute approximate surface area is 101 Å². The first-order valence-corrected chi connectivity index (χ1v) is 5.64. The lowest BCUT2D eigenvalue weighted by Gasteiger charge is -2.02. The molecule has 0 unspecified atom stereocenters. The predicted molar refractivity (Wildman–Crippen MR) is 63.8 cm³/mol. The normalized spacial score (nSPS) is 10.2. The third-order valence-electron chi connectivity index (χ3n) is 2.07. The summed E-state index contributed by atoms with van der Waals surface area (Å²) < 4.78 is 0. The first-order chi connectivity index (χ1) is 8.06. The van der Waals surface area contributed by atoms with Gasteiger partial charge in [0, 0.05) is 5.38 Å². The molecule has 0 bridgehead atoms. The second-order valence-corrected chi connectivity index (χ2v) is 4.22. The van der Waals surface area contributed by atoms with Gasteiger partial charge in [0.15, 0.2) is 5.13 Å². The van der Waals surface area contributed by atoms with E-state index in [4.69, 9.17) is 5.73 Å². The number of rotatable bonds is 2. The van der Waals surface area contributed by atoms with Crippen LogP contribution in [0.3, 0.4) is 0 Å². The topological polar surface area (TPSA) is 107 Å². The fourth-order valence-electron chi connectivity index (χ4n) is 1.07. The smallest absolute Gasteiger partial charge is 0.277 e. The number of thiazole rings is 1. The van der Waals surface area contributed by atoms with Crippen LogP contribution in [0.25, 0.3) is 0 Å². The van der Waals surface area contributed by atoms with E-state index in [1.54, 1.807) is 19.2 Å². The summed E-state index contributed by atoms with van der Waals surface area (Å²) in [5.74, 6) is -0.243. The van der Waals surface area contributed by atoms with Gasteiger partial charge in [0.1, 0.15) is 5.69 Å². The van der Waals surface area contributed by atoms with Gasteiger partial charge in [-0.15, -0.1) is 16.4 Å². The van der Waals surface area contributed by atoms with Gasteiger partial charge in [0.05, 0.1) is 11.4 Å². The molecule has 2 heterocycles. The molecule has 88 valence electrons. The van der Waals surface area contributed by atoms with E-state index in [0.29, 0.717) is 10.8 Å². The molecule has 0 aromatic carbocycles. The molecule has 0 aliphatic carbocycles. The number of nitrogen functional groups attached to an aromatic ring is 1. The molecule has 1 amide bonds. The van der Waals surface area contributed by atoms with Crippen LogP contribution in [0.1, 0.15) is 21.9 Å². The molecule has 8 heteroatoms. The molecule has 3 N–H and O–H groups in total. The first-order valence-electron chi connectivity index (χ1n) is 4.76. The SMILES string of the molecule is Cc1nnc(NC(=O)c2csc(N)n2)nc1C. The van der Waals surface area contributed by atoms with E-state index in [0.717, 1.165) is 5.69 Å². The summed E-state index contributed by atoms with van der Waals surface area (Å²) >= 11 is 1.20. The van der Waals surface area contributed by atoms with Gasteiger partial charge in [-0.2, -0.15) is 5.10 Å². The number of hydrogen-bond acceptors (Lipinski definition) is 7. The second-order valence-electron chi connectivity index (χ2n) is 3.33. The van der Waals surface area contributed by atoms with E-state index in [9.17, 15) is 4.79 Å². The van der Waals surface area contributed by atoms with Crippen LogP contribution in [0.15, 0.2) is 5.38 Å². The Kier molecular flexibility index (Phi) is 2.96. The summed E-state index contributed by atoms with van der Waals surface area (Å²) in [6.07, 6.45) is 0. The molecule has 0 spiro atoms. The van der Waals surface area contributed by atoms with Crippen LogP contribution in [0.2, 0.25) is 0 Å². The van der Waals surface area contributed by atoms with Crippen molar-refractivity contribution in [3.8, 4) is 0 Å². The lowest BCUT2D eigenvalue weighted by molar-refractivity contribution is 0.102. The van der Waals surface area contributed by atoms with Crippen molar-refractivity contribution in [2.24, 2.45) is 0 Å². The standard InChI is InChI=1S/C9H10N6OS/c1-4-5(2)14-15-9(11-4)13-7(16)6-3-17-8(10)12-6/h3H,1-2H3,(H2,10,12)(H,11,13,15,16). The Morgan fingerprint density at radius 1 is 1.29 bits per heavy atom. The number of nitrogens with zero attached hydrogens (tertiary/aromatic N) is 4. The van der Waals surface area contributed by atoms with E-state index in [-0.39, 0.29) is 11.6 Å². The number of hydrogen-bond donors (Lipinski definition) is 2. The average molecular weight is 250 g/mol. The van der Waals surface area contributed by atoms with Crippen LogP contribution >= 0.6 is 11.3 Å². The molecule has 0 aliphatic rings. The zero-order valence-corrected chi connectivity index (χ0v) is 10.1. The maximum absolute atomic E-state index is 11.7. The predicted octanol–water partition coefficient (Wildman–Crippen LogP) is 0.779. The summed E-state index contributed by atoms with van der Waals surface area (Å²) in [6.45, 7) is 3.59. The van der Waals surface area contributed by atoms with Crippen molar-refractivity contribution in [2.75, 3.05) is 11.1 Å². The largest absolute Gasteiger partial charge is 0.375 e. The fraction of sp³-hybridized carbons (Fsp3) is 0.222. The van der Waals surface area contributed by atoms with Gasteiger partial charge in [-0.05, 0) is 13.8 Å². The van der Waals surface area contributed by atoms with Crippen LogP contribution in [0, 0.1) is 13.8 Å². The quantitative estimate of drug-likeness (QED) is 0.815. The lowest BCUT2D eigenvalue weighted by atomic mass is 10.4. The van der Waals surface area contributed by atoms with Gasteiger partial charge >= 0.3 is 0 Å². The minimum absolute atomic E-state index is 0.157. The van der Waals surface area contributed by atoms with Crippen LogP contribution in [0.5, 0.6) is 0 Å². The van der Waals surface area contributed by atoms with Gasteiger partial charge in [-0.1, -0.05) is 0 Å². The highest BCUT2D eigenvalue weighted by Gasteiger charge is 2.12. The molecule has 0 saturated heterocycles. The van der Waals surface area contributed by atoms with E-state index in [1.807, 2.05) is 0 Å². The van der Waals surface area contributed by atoms with Crippen LogP contribution in [0.4, 0.5) is 11.1 Å². The molecule has 0 atom stereocenters. The van der Waals surface area contributed by atoms with E-state index in [1.165, 1.54) is 11.3 Å². The first kappa shape index (κ1) is 11.4. The molecular formula is C9H10N6OS. The molecule has 0 saturated carbocycles. The van der Waals surface area contributed by atoms with E-state index in [2.05, 4.69) is 25.5 Å². The average Bonchev–Trinajstić information content (AvgIpc) is 2.70. The lowest BCUT2D eigenvalue weighted by Crippen LogP contribution is -2.16. The summed E-state index contributed by atoms with van der Waals surface area (Å²) in [5.41, 5.74) is 7.12.